The fraction of sp³-hybridized carbons (Fsp3) is 0.188. The third-order valence-corrected chi connectivity index (χ3v) is 3.93. The van der Waals surface area contributed by atoms with Gasteiger partial charge in [-0.2, -0.15) is 5.26 Å². The minimum absolute atomic E-state index is 0.413. The Hall–Kier alpha value is -2.12. The van der Waals surface area contributed by atoms with Crippen molar-refractivity contribution in [2.45, 2.75) is 16.2 Å². The number of rotatable bonds is 5. The van der Waals surface area contributed by atoms with Crippen LogP contribution in [0.2, 0.25) is 0 Å². The fourth-order valence-corrected chi connectivity index (χ4v) is 2.82. The molecule has 0 saturated heterocycles. The third kappa shape index (κ3) is 3.25. The van der Waals surface area contributed by atoms with Crippen molar-refractivity contribution in [1.29, 1.82) is 5.26 Å². The Balaban J connectivity index is 2.29. The highest BCUT2D eigenvalue weighted by atomic mass is 32.2. The molecule has 102 valence electrons. The molecule has 20 heavy (non-hydrogen) atoms. The van der Waals surface area contributed by atoms with Gasteiger partial charge in [-0.05, 0) is 29.8 Å². The maximum Gasteiger partial charge on any atom is 0.161 e. The van der Waals surface area contributed by atoms with Gasteiger partial charge in [0.25, 0.3) is 0 Å². The Bertz CT molecular complexity index is 635. The normalized spacial score (nSPS) is 9.85. The van der Waals surface area contributed by atoms with Gasteiger partial charge >= 0.3 is 0 Å². The predicted molar refractivity (Wildman–Crippen MR) is 79.4 cm³/mol. The smallest absolute Gasteiger partial charge is 0.161 e. The van der Waals surface area contributed by atoms with E-state index in [9.17, 15) is 0 Å². The number of ether oxygens (including phenoxy) is 2. The maximum absolute atomic E-state index is 8.86. The molecule has 0 heterocycles. The second kappa shape index (κ2) is 6.88. The molecular weight excluding hydrogens is 270 g/mol. The summed E-state index contributed by atoms with van der Waals surface area (Å²) in [5, 5.41) is 8.86. The molecule has 0 aliphatic heterocycles. The zero-order chi connectivity index (χ0) is 14.4. The van der Waals surface area contributed by atoms with Gasteiger partial charge in [0.05, 0.1) is 26.7 Å². The van der Waals surface area contributed by atoms with Crippen LogP contribution in [-0.4, -0.2) is 14.2 Å². The molecule has 0 amide bonds. The lowest BCUT2D eigenvalue weighted by Crippen LogP contribution is -1.91. The molecule has 0 N–H and O–H groups in total. The highest BCUT2D eigenvalue weighted by Crippen LogP contribution is 2.36. The maximum atomic E-state index is 8.86. The highest BCUT2D eigenvalue weighted by Gasteiger charge is 2.08. The molecule has 0 bridgehead atoms. The molecule has 0 aromatic heterocycles. The number of hydrogen-bond acceptors (Lipinski definition) is 4. The van der Waals surface area contributed by atoms with Crippen molar-refractivity contribution in [1.82, 2.24) is 0 Å². The topological polar surface area (TPSA) is 42.2 Å². The van der Waals surface area contributed by atoms with Crippen LogP contribution in [0.5, 0.6) is 11.5 Å². The first-order valence-corrected chi connectivity index (χ1v) is 6.95. The van der Waals surface area contributed by atoms with Gasteiger partial charge in [-0.1, -0.05) is 30.0 Å². The van der Waals surface area contributed by atoms with Crippen LogP contribution in [0.3, 0.4) is 0 Å². The molecule has 0 unspecified atom stereocenters. The first kappa shape index (κ1) is 14.3. The van der Waals surface area contributed by atoms with E-state index >= 15 is 0 Å². The van der Waals surface area contributed by atoms with E-state index < -0.39 is 0 Å². The molecule has 0 saturated carbocycles. The Morgan fingerprint density at radius 3 is 2.50 bits per heavy atom. The minimum Gasteiger partial charge on any atom is -0.493 e. The van der Waals surface area contributed by atoms with Crippen molar-refractivity contribution in [3.8, 4) is 17.6 Å². The Labute approximate surface area is 123 Å². The molecule has 0 aliphatic carbocycles. The standard InChI is InChI=1S/C16H15NO2S/c1-18-14-8-7-13(11-15(14)19-2)20-16-6-4-3-5-12(16)9-10-17/h3-8,11H,9H2,1-2H3. The summed E-state index contributed by atoms with van der Waals surface area (Å²) in [6.07, 6.45) is 0.413. The van der Waals surface area contributed by atoms with Gasteiger partial charge in [-0.3, -0.25) is 0 Å². The van der Waals surface area contributed by atoms with Crippen molar-refractivity contribution in [3.63, 3.8) is 0 Å². The molecule has 2 aromatic rings. The van der Waals surface area contributed by atoms with Crippen LogP contribution >= 0.6 is 11.8 Å². The lowest BCUT2D eigenvalue weighted by atomic mass is 10.2. The highest BCUT2D eigenvalue weighted by molar-refractivity contribution is 7.99. The molecule has 0 spiro atoms. The number of hydrogen-bond donors (Lipinski definition) is 0. The Kier molecular flexibility index (Phi) is 4.91. The van der Waals surface area contributed by atoms with E-state index in [0.717, 1.165) is 15.4 Å². The third-order valence-electron chi connectivity index (χ3n) is 2.82. The van der Waals surface area contributed by atoms with E-state index in [0.29, 0.717) is 17.9 Å². The summed E-state index contributed by atoms with van der Waals surface area (Å²) >= 11 is 1.62. The molecule has 0 radical (unpaired) electrons. The molecule has 4 heteroatoms. The van der Waals surface area contributed by atoms with Crippen LogP contribution in [0, 0.1) is 11.3 Å². The summed E-state index contributed by atoms with van der Waals surface area (Å²) in [5.74, 6) is 1.41. The summed E-state index contributed by atoms with van der Waals surface area (Å²) < 4.78 is 10.5. The van der Waals surface area contributed by atoms with Gasteiger partial charge in [-0.25, -0.2) is 0 Å². The average Bonchev–Trinajstić information content (AvgIpc) is 2.49. The summed E-state index contributed by atoms with van der Waals surface area (Å²) in [7, 11) is 3.24. The molecule has 0 atom stereocenters. The first-order chi connectivity index (χ1) is 9.78. The summed E-state index contributed by atoms with van der Waals surface area (Å²) in [6.45, 7) is 0. The average molecular weight is 285 g/mol. The van der Waals surface area contributed by atoms with Crippen molar-refractivity contribution < 1.29 is 9.47 Å². The quantitative estimate of drug-likeness (QED) is 0.835. The van der Waals surface area contributed by atoms with Crippen LogP contribution in [-0.2, 0) is 6.42 Å². The largest absolute Gasteiger partial charge is 0.493 e. The monoisotopic (exact) mass is 285 g/mol. The fourth-order valence-electron chi connectivity index (χ4n) is 1.84. The SMILES string of the molecule is COc1ccc(Sc2ccccc2CC#N)cc1OC. The summed E-state index contributed by atoms with van der Waals surface area (Å²) in [4.78, 5) is 2.13. The van der Waals surface area contributed by atoms with Crippen LogP contribution in [0.1, 0.15) is 5.56 Å². The minimum atomic E-state index is 0.413. The molecule has 2 rings (SSSR count). The second-order valence-electron chi connectivity index (χ2n) is 4.06. The van der Waals surface area contributed by atoms with E-state index in [1.807, 2.05) is 42.5 Å². The lowest BCUT2D eigenvalue weighted by Gasteiger charge is -2.10. The van der Waals surface area contributed by atoms with E-state index in [2.05, 4.69) is 6.07 Å². The van der Waals surface area contributed by atoms with Crippen molar-refractivity contribution >= 4 is 11.8 Å². The number of methoxy groups -OCH3 is 2. The van der Waals surface area contributed by atoms with Gasteiger partial charge in [-0.15, -0.1) is 0 Å². The number of benzene rings is 2. The van der Waals surface area contributed by atoms with Gasteiger partial charge in [0.2, 0.25) is 0 Å². The van der Waals surface area contributed by atoms with Crippen molar-refractivity contribution in [2.75, 3.05) is 14.2 Å². The zero-order valence-corrected chi connectivity index (χ0v) is 12.2. The van der Waals surface area contributed by atoms with Crippen LogP contribution in [0.4, 0.5) is 0 Å². The van der Waals surface area contributed by atoms with E-state index in [1.165, 1.54) is 0 Å². The van der Waals surface area contributed by atoms with Gasteiger partial charge in [0.15, 0.2) is 11.5 Å². The first-order valence-electron chi connectivity index (χ1n) is 6.13. The molecule has 2 aromatic carbocycles. The molecular formula is C16H15NO2S. The molecule has 3 nitrogen and oxygen atoms in total. The summed E-state index contributed by atoms with van der Waals surface area (Å²) in [6, 6.07) is 15.9. The Morgan fingerprint density at radius 2 is 1.80 bits per heavy atom. The van der Waals surface area contributed by atoms with E-state index in [-0.39, 0.29) is 0 Å². The van der Waals surface area contributed by atoms with E-state index in [1.54, 1.807) is 26.0 Å². The summed E-state index contributed by atoms with van der Waals surface area (Å²) in [5.41, 5.74) is 1.04. The predicted octanol–water partition coefficient (Wildman–Crippen LogP) is 3.92. The number of nitrogens with zero attached hydrogens (tertiary/aromatic N) is 1. The van der Waals surface area contributed by atoms with Crippen molar-refractivity contribution in [3.05, 3.63) is 48.0 Å². The van der Waals surface area contributed by atoms with Gasteiger partial charge in [0.1, 0.15) is 0 Å². The van der Waals surface area contributed by atoms with Crippen LogP contribution < -0.4 is 9.47 Å². The number of nitriles is 1. The lowest BCUT2D eigenvalue weighted by molar-refractivity contribution is 0.354. The second-order valence-corrected chi connectivity index (χ2v) is 5.18. The van der Waals surface area contributed by atoms with Gasteiger partial charge < -0.3 is 9.47 Å². The molecule has 0 aliphatic rings. The zero-order valence-electron chi connectivity index (χ0n) is 11.4. The van der Waals surface area contributed by atoms with Gasteiger partial charge in [0, 0.05) is 9.79 Å². The van der Waals surface area contributed by atoms with E-state index in [4.69, 9.17) is 14.7 Å². The van der Waals surface area contributed by atoms with Crippen LogP contribution in [0.25, 0.3) is 0 Å². The molecule has 0 fully saturated rings. The Morgan fingerprint density at radius 1 is 1.05 bits per heavy atom. The van der Waals surface area contributed by atoms with Crippen LogP contribution in [0.15, 0.2) is 52.3 Å². The van der Waals surface area contributed by atoms with Crippen molar-refractivity contribution in [2.24, 2.45) is 0 Å².